The van der Waals surface area contributed by atoms with E-state index in [0.29, 0.717) is 13.2 Å². The molecule has 0 unspecified atom stereocenters. The van der Waals surface area contributed by atoms with Crippen molar-refractivity contribution in [3.05, 3.63) is 0 Å². The Morgan fingerprint density at radius 1 is 1.54 bits per heavy atom. The van der Waals surface area contributed by atoms with Crippen molar-refractivity contribution < 1.29 is 9.53 Å². The number of rotatable bonds is 6. The third-order valence-electron chi connectivity index (χ3n) is 1.93. The van der Waals surface area contributed by atoms with Crippen LogP contribution in [-0.4, -0.2) is 25.8 Å². The Hall–Kier alpha value is -0.810. The molecule has 5 heteroatoms. The van der Waals surface area contributed by atoms with E-state index in [0.717, 1.165) is 18.9 Å². The second kappa shape index (κ2) is 5.77. The second-order valence-corrected chi connectivity index (χ2v) is 3.27. The molecule has 0 bridgehead atoms. The number of hydrazine groups is 1. The van der Waals surface area contributed by atoms with E-state index in [1.807, 2.05) is 5.43 Å². The van der Waals surface area contributed by atoms with Crippen LogP contribution >= 0.6 is 0 Å². The van der Waals surface area contributed by atoms with Gasteiger partial charge in [-0.15, -0.1) is 0 Å². The predicted molar refractivity (Wildman–Crippen MR) is 48.9 cm³/mol. The smallest absolute Gasteiger partial charge is 0.328 e. The first kappa shape index (κ1) is 10.3. The average molecular weight is 187 g/mol. The van der Waals surface area contributed by atoms with Crippen LogP contribution in [0.25, 0.3) is 0 Å². The summed E-state index contributed by atoms with van der Waals surface area (Å²) in [6, 6.07) is -0.345. The van der Waals surface area contributed by atoms with Gasteiger partial charge in [0, 0.05) is 19.8 Å². The maximum Gasteiger partial charge on any atom is 0.328 e. The van der Waals surface area contributed by atoms with Crippen LogP contribution in [0.4, 0.5) is 4.79 Å². The van der Waals surface area contributed by atoms with Crippen LogP contribution in [0.5, 0.6) is 0 Å². The molecule has 1 aliphatic rings. The number of amides is 2. The molecule has 0 spiro atoms. The van der Waals surface area contributed by atoms with Crippen LogP contribution in [-0.2, 0) is 4.74 Å². The lowest BCUT2D eigenvalue weighted by atomic mass is 10.4. The molecule has 2 amide bonds. The van der Waals surface area contributed by atoms with E-state index in [2.05, 4.69) is 5.32 Å². The highest BCUT2D eigenvalue weighted by Crippen LogP contribution is 2.28. The first-order valence-corrected chi connectivity index (χ1v) is 4.65. The molecule has 0 saturated heterocycles. The van der Waals surface area contributed by atoms with E-state index < -0.39 is 0 Å². The van der Waals surface area contributed by atoms with E-state index in [1.165, 1.54) is 12.8 Å². The maximum atomic E-state index is 10.6. The minimum absolute atomic E-state index is 0.345. The van der Waals surface area contributed by atoms with Crippen LogP contribution in [0.15, 0.2) is 0 Å². The molecule has 1 saturated carbocycles. The molecule has 13 heavy (non-hydrogen) atoms. The minimum Gasteiger partial charge on any atom is -0.381 e. The lowest BCUT2D eigenvalue weighted by molar-refractivity contribution is 0.122. The van der Waals surface area contributed by atoms with Crippen molar-refractivity contribution in [3.8, 4) is 0 Å². The molecule has 0 atom stereocenters. The maximum absolute atomic E-state index is 10.6. The molecule has 0 aliphatic heterocycles. The zero-order valence-corrected chi connectivity index (χ0v) is 7.71. The first-order chi connectivity index (χ1) is 6.33. The van der Waals surface area contributed by atoms with Crippen molar-refractivity contribution in [2.75, 3.05) is 19.8 Å². The molecule has 0 radical (unpaired) electrons. The Morgan fingerprint density at radius 2 is 2.31 bits per heavy atom. The number of nitrogens with two attached hydrogens (primary N) is 1. The van der Waals surface area contributed by atoms with E-state index >= 15 is 0 Å². The third kappa shape index (κ3) is 5.43. The van der Waals surface area contributed by atoms with Crippen molar-refractivity contribution in [1.29, 1.82) is 0 Å². The standard InChI is InChI=1S/C8H17N3O2/c9-11-8(12)10-4-1-5-13-6-7-2-3-7/h7H,1-6,9H2,(H2,10,11,12). The zero-order chi connectivity index (χ0) is 9.52. The Balaban J connectivity index is 1.75. The molecule has 0 aromatic rings. The van der Waals surface area contributed by atoms with Gasteiger partial charge in [-0.2, -0.15) is 0 Å². The number of hydrogen-bond donors (Lipinski definition) is 3. The van der Waals surface area contributed by atoms with Crippen molar-refractivity contribution in [1.82, 2.24) is 10.7 Å². The lowest BCUT2D eigenvalue weighted by Gasteiger charge is -2.04. The zero-order valence-electron chi connectivity index (χ0n) is 7.71. The van der Waals surface area contributed by atoms with E-state index in [-0.39, 0.29) is 6.03 Å². The molecule has 4 N–H and O–H groups in total. The van der Waals surface area contributed by atoms with Crippen LogP contribution in [0.3, 0.4) is 0 Å². The summed E-state index contributed by atoms with van der Waals surface area (Å²) in [5.74, 6) is 5.67. The summed E-state index contributed by atoms with van der Waals surface area (Å²) in [5, 5.41) is 2.58. The van der Waals surface area contributed by atoms with E-state index in [4.69, 9.17) is 10.6 Å². The van der Waals surface area contributed by atoms with Gasteiger partial charge in [0.15, 0.2) is 0 Å². The van der Waals surface area contributed by atoms with Gasteiger partial charge >= 0.3 is 6.03 Å². The SMILES string of the molecule is NNC(=O)NCCCOCC1CC1. The number of ether oxygens (including phenoxy) is 1. The summed E-state index contributed by atoms with van der Waals surface area (Å²) in [5.41, 5.74) is 1.99. The monoisotopic (exact) mass is 187 g/mol. The molecular weight excluding hydrogens is 170 g/mol. The fourth-order valence-corrected chi connectivity index (χ4v) is 0.962. The van der Waals surface area contributed by atoms with Crippen LogP contribution in [0.2, 0.25) is 0 Å². The second-order valence-electron chi connectivity index (χ2n) is 3.27. The summed E-state index contributed by atoms with van der Waals surface area (Å²) in [7, 11) is 0. The fourth-order valence-electron chi connectivity index (χ4n) is 0.962. The summed E-state index contributed by atoms with van der Waals surface area (Å²) in [6.07, 6.45) is 3.46. The van der Waals surface area contributed by atoms with Gasteiger partial charge in [0.25, 0.3) is 0 Å². The molecule has 0 aromatic heterocycles. The van der Waals surface area contributed by atoms with Crippen molar-refractivity contribution in [2.24, 2.45) is 11.8 Å². The van der Waals surface area contributed by atoms with Crippen molar-refractivity contribution >= 4 is 6.03 Å². The van der Waals surface area contributed by atoms with E-state index in [9.17, 15) is 4.79 Å². The number of nitrogens with one attached hydrogen (secondary N) is 2. The molecule has 5 nitrogen and oxygen atoms in total. The highest BCUT2D eigenvalue weighted by atomic mass is 16.5. The first-order valence-electron chi connectivity index (χ1n) is 4.65. The Bertz CT molecular complexity index is 159. The molecule has 1 rings (SSSR count). The van der Waals surface area contributed by atoms with Gasteiger partial charge in [-0.1, -0.05) is 0 Å². The number of carbonyl (C=O) groups excluding carboxylic acids is 1. The minimum atomic E-state index is -0.345. The van der Waals surface area contributed by atoms with Gasteiger partial charge in [0.2, 0.25) is 0 Å². The van der Waals surface area contributed by atoms with E-state index in [1.54, 1.807) is 0 Å². The molecular formula is C8H17N3O2. The number of urea groups is 1. The van der Waals surface area contributed by atoms with Crippen LogP contribution in [0.1, 0.15) is 19.3 Å². The highest BCUT2D eigenvalue weighted by Gasteiger charge is 2.20. The van der Waals surface area contributed by atoms with Gasteiger partial charge in [-0.05, 0) is 25.2 Å². The number of carbonyl (C=O) groups is 1. The molecule has 0 heterocycles. The molecule has 76 valence electrons. The average Bonchev–Trinajstić information content (AvgIpc) is 2.94. The summed E-state index contributed by atoms with van der Waals surface area (Å²) in [4.78, 5) is 10.6. The summed E-state index contributed by atoms with van der Waals surface area (Å²) < 4.78 is 5.37. The van der Waals surface area contributed by atoms with Crippen molar-refractivity contribution in [3.63, 3.8) is 0 Å². The van der Waals surface area contributed by atoms with Gasteiger partial charge < -0.3 is 10.1 Å². The molecule has 1 fully saturated rings. The Kier molecular flexibility index (Phi) is 4.56. The third-order valence-corrected chi connectivity index (χ3v) is 1.93. The predicted octanol–water partition coefficient (Wildman–Crippen LogP) is -0.0240. The van der Waals surface area contributed by atoms with Gasteiger partial charge in [0.1, 0.15) is 0 Å². The summed E-state index contributed by atoms with van der Waals surface area (Å²) in [6.45, 7) is 2.19. The topological polar surface area (TPSA) is 76.4 Å². The fraction of sp³-hybridized carbons (Fsp3) is 0.875. The van der Waals surface area contributed by atoms with Gasteiger partial charge in [-0.25, -0.2) is 10.6 Å². The number of hydrogen-bond acceptors (Lipinski definition) is 3. The van der Waals surface area contributed by atoms with Crippen LogP contribution < -0.4 is 16.6 Å². The van der Waals surface area contributed by atoms with Gasteiger partial charge in [0.05, 0.1) is 0 Å². The molecule has 0 aromatic carbocycles. The van der Waals surface area contributed by atoms with Gasteiger partial charge in [-0.3, -0.25) is 5.43 Å². The largest absolute Gasteiger partial charge is 0.381 e. The Morgan fingerprint density at radius 3 is 2.92 bits per heavy atom. The summed E-state index contributed by atoms with van der Waals surface area (Å²) >= 11 is 0. The normalized spacial score (nSPS) is 15.5. The van der Waals surface area contributed by atoms with Crippen LogP contribution in [0, 0.1) is 5.92 Å². The Labute approximate surface area is 78.0 Å². The molecule has 1 aliphatic carbocycles. The van der Waals surface area contributed by atoms with Crippen molar-refractivity contribution in [2.45, 2.75) is 19.3 Å². The quantitative estimate of drug-likeness (QED) is 0.237. The highest BCUT2D eigenvalue weighted by molar-refractivity contribution is 5.72. The lowest BCUT2D eigenvalue weighted by Crippen LogP contribution is -2.40.